The molecule has 4 rings (SSSR count). The molecule has 2 aliphatic heterocycles. The molecule has 10 heteroatoms. The fraction of sp³-hybridized carbons (Fsp3) is 0.524. The third-order valence-corrected chi connectivity index (χ3v) is 7.72. The van der Waals surface area contributed by atoms with Crippen LogP contribution in [0.2, 0.25) is 0 Å². The van der Waals surface area contributed by atoms with E-state index in [0.717, 1.165) is 17.1 Å². The fourth-order valence-corrected chi connectivity index (χ4v) is 6.07. The molecule has 0 aliphatic carbocycles. The van der Waals surface area contributed by atoms with Crippen molar-refractivity contribution in [3.05, 3.63) is 41.5 Å². The number of aryl methyl sites for hydroxylation is 1. The van der Waals surface area contributed by atoms with Crippen molar-refractivity contribution < 1.29 is 22.3 Å². The smallest absolute Gasteiger partial charge is 0.260 e. The highest BCUT2D eigenvalue weighted by Crippen LogP contribution is 2.31. The first-order valence-electron chi connectivity index (χ1n) is 10.4. The van der Waals surface area contributed by atoms with E-state index in [9.17, 15) is 17.6 Å². The topological polar surface area (TPSA) is 84.7 Å². The Labute approximate surface area is 181 Å². The Morgan fingerprint density at radius 2 is 1.84 bits per heavy atom. The Bertz CT molecular complexity index is 1060. The summed E-state index contributed by atoms with van der Waals surface area (Å²) in [5, 5.41) is 4.64. The zero-order chi connectivity index (χ0) is 22.2. The van der Waals surface area contributed by atoms with E-state index in [4.69, 9.17) is 4.74 Å². The van der Waals surface area contributed by atoms with Crippen molar-refractivity contribution in [3.63, 3.8) is 0 Å². The average Bonchev–Trinajstić information content (AvgIpc) is 3.25. The zero-order valence-corrected chi connectivity index (χ0v) is 18.6. The third kappa shape index (κ3) is 4.68. The summed E-state index contributed by atoms with van der Waals surface area (Å²) in [4.78, 5) is 16.5. The van der Waals surface area contributed by atoms with Crippen LogP contribution in [0.3, 0.4) is 0 Å². The summed E-state index contributed by atoms with van der Waals surface area (Å²) in [6.45, 7) is 6.29. The van der Waals surface area contributed by atoms with Gasteiger partial charge in [0.25, 0.3) is 5.91 Å². The number of hydrogen-bond donors (Lipinski definition) is 0. The van der Waals surface area contributed by atoms with Crippen LogP contribution < -0.4 is 9.64 Å². The number of anilines is 1. The lowest BCUT2D eigenvalue weighted by Crippen LogP contribution is -2.50. The molecule has 0 radical (unpaired) electrons. The molecule has 168 valence electrons. The van der Waals surface area contributed by atoms with Gasteiger partial charge in [-0.25, -0.2) is 12.8 Å². The molecule has 1 amide bonds. The van der Waals surface area contributed by atoms with E-state index >= 15 is 0 Å². The number of rotatable bonds is 5. The number of aromatic nitrogens is 2. The number of halogens is 1. The molecule has 1 aromatic carbocycles. The number of carbonyl (C=O) groups is 1. The molecule has 0 N–H and O–H groups in total. The van der Waals surface area contributed by atoms with Gasteiger partial charge in [-0.15, -0.1) is 0 Å². The summed E-state index contributed by atoms with van der Waals surface area (Å²) in [6, 6.07) is 5.48. The molecule has 1 atom stereocenters. The molecule has 0 saturated carbocycles. The summed E-state index contributed by atoms with van der Waals surface area (Å²) < 4.78 is 44.0. The number of amides is 1. The second kappa shape index (κ2) is 8.49. The van der Waals surface area contributed by atoms with Crippen LogP contribution in [0.25, 0.3) is 0 Å². The van der Waals surface area contributed by atoms with Gasteiger partial charge in [-0.1, -0.05) is 0 Å². The average molecular weight is 451 g/mol. The summed E-state index contributed by atoms with van der Waals surface area (Å²) in [6.07, 6.45) is 0.597. The van der Waals surface area contributed by atoms with Gasteiger partial charge in [-0.2, -0.15) is 5.10 Å². The van der Waals surface area contributed by atoms with E-state index in [2.05, 4.69) is 10.00 Å². The van der Waals surface area contributed by atoms with Crippen LogP contribution in [0.5, 0.6) is 5.75 Å². The first kappa shape index (κ1) is 21.6. The number of carbonyl (C=O) groups excluding carboxylic acids is 1. The number of ether oxygens (including phenoxy) is 1. The Hall–Kier alpha value is -2.62. The third-order valence-electron chi connectivity index (χ3n) is 5.97. The predicted octanol–water partition coefficient (Wildman–Crippen LogP) is 1.73. The predicted molar refractivity (Wildman–Crippen MR) is 115 cm³/mol. The number of sulfone groups is 1. The van der Waals surface area contributed by atoms with Gasteiger partial charge in [-0.05, 0) is 44.5 Å². The van der Waals surface area contributed by atoms with E-state index in [0.29, 0.717) is 38.3 Å². The van der Waals surface area contributed by atoms with Gasteiger partial charge in [0.1, 0.15) is 11.6 Å². The van der Waals surface area contributed by atoms with Crippen molar-refractivity contribution in [2.24, 2.45) is 0 Å². The van der Waals surface area contributed by atoms with E-state index in [1.165, 1.54) is 24.3 Å². The molecule has 0 spiro atoms. The zero-order valence-electron chi connectivity index (χ0n) is 17.8. The van der Waals surface area contributed by atoms with Crippen LogP contribution in [0.1, 0.15) is 23.9 Å². The molecule has 31 heavy (non-hydrogen) atoms. The lowest BCUT2D eigenvalue weighted by Gasteiger charge is -2.36. The molecule has 3 heterocycles. The van der Waals surface area contributed by atoms with E-state index < -0.39 is 9.84 Å². The standard InChI is InChI=1S/C21H27FN4O4S/c1-15-21(16(2)26(23-15)18-7-12-31(28,29)14-18)25-10-8-24(9-11-25)20(27)13-30-19-5-3-17(22)4-6-19/h3-6,18H,7-14H2,1-2H3. The minimum atomic E-state index is -2.98. The largest absolute Gasteiger partial charge is 0.484 e. The first-order valence-corrected chi connectivity index (χ1v) is 12.2. The minimum absolute atomic E-state index is 0.0855. The highest BCUT2D eigenvalue weighted by Gasteiger charge is 2.33. The van der Waals surface area contributed by atoms with Gasteiger partial charge in [0.2, 0.25) is 0 Å². The molecule has 0 bridgehead atoms. The van der Waals surface area contributed by atoms with Crippen LogP contribution in [-0.2, 0) is 14.6 Å². The molecule has 8 nitrogen and oxygen atoms in total. The fourth-order valence-electron chi connectivity index (χ4n) is 4.38. The van der Waals surface area contributed by atoms with Crippen molar-refractivity contribution in [1.29, 1.82) is 0 Å². The maximum Gasteiger partial charge on any atom is 0.260 e. The van der Waals surface area contributed by atoms with Crippen LogP contribution in [0.4, 0.5) is 10.1 Å². The molecule has 1 unspecified atom stereocenters. The minimum Gasteiger partial charge on any atom is -0.484 e. The Morgan fingerprint density at radius 1 is 1.16 bits per heavy atom. The van der Waals surface area contributed by atoms with Gasteiger partial charge >= 0.3 is 0 Å². The number of piperazine rings is 1. The quantitative estimate of drug-likeness (QED) is 0.690. The van der Waals surface area contributed by atoms with Crippen LogP contribution in [-0.4, -0.2) is 73.3 Å². The Balaban J connectivity index is 1.35. The van der Waals surface area contributed by atoms with E-state index in [-0.39, 0.29) is 35.9 Å². The van der Waals surface area contributed by atoms with Gasteiger partial charge in [-0.3, -0.25) is 9.48 Å². The molecule has 2 saturated heterocycles. The first-order chi connectivity index (χ1) is 14.7. The highest BCUT2D eigenvalue weighted by molar-refractivity contribution is 7.91. The van der Waals surface area contributed by atoms with Gasteiger partial charge in [0, 0.05) is 26.2 Å². The number of benzene rings is 1. The lowest BCUT2D eigenvalue weighted by atomic mass is 10.2. The van der Waals surface area contributed by atoms with Crippen molar-refractivity contribution in [2.45, 2.75) is 26.3 Å². The van der Waals surface area contributed by atoms with Crippen molar-refractivity contribution >= 4 is 21.4 Å². The van der Waals surface area contributed by atoms with Gasteiger partial charge < -0.3 is 14.5 Å². The maximum atomic E-state index is 13.0. The van der Waals surface area contributed by atoms with Gasteiger partial charge in [0.05, 0.1) is 34.6 Å². The molecular formula is C21H27FN4O4S. The Kier molecular flexibility index (Phi) is 5.92. The number of hydrogen-bond acceptors (Lipinski definition) is 6. The van der Waals surface area contributed by atoms with Crippen molar-refractivity contribution in [2.75, 3.05) is 49.2 Å². The molecular weight excluding hydrogens is 423 g/mol. The van der Waals surface area contributed by atoms with Crippen LogP contribution >= 0.6 is 0 Å². The van der Waals surface area contributed by atoms with E-state index in [1.807, 2.05) is 18.5 Å². The maximum absolute atomic E-state index is 13.0. The highest BCUT2D eigenvalue weighted by atomic mass is 32.2. The molecule has 2 aromatic rings. The summed E-state index contributed by atoms with van der Waals surface area (Å²) in [7, 11) is -2.98. The SMILES string of the molecule is Cc1nn(C2CCS(=O)(=O)C2)c(C)c1N1CCN(C(=O)COc2ccc(F)cc2)CC1. The Morgan fingerprint density at radius 3 is 2.45 bits per heavy atom. The van der Waals surface area contributed by atoms with E-state index in [1.54, 1.807) is 4.90 Å². The van der Waals surface area contributed by atoms with Crippen LogP contribution in [0.15, 0.2) is 24.3 Å². The molecule has 2 aliphatic rings. The summed E-state index contributed by atoms with van der Waals surface area (Å²) >= 11 is 0. The number of nitrogens with zero attached hydrogens (tertiary/aromatic N) is 4. The van der Waals surface area contributed by atoms with Crippen molar-refractivity contribution in [1.82, 2.24) is 14.7 Å². The normalized spacial score (nSPS) is 20.8. The lowest BCUT2D eigenvalue weighted by molar-refractivity contribution is -0.133. The van der Waals surface area contributed by atoms with Crippen LogP contribution in [0, 0.1) is 19.7 Å². The summed E-state index contributed by atoms with van der Waals surface area (Å²) in [5.41, 5.74) is 2.87. The molecule has 1 aromatic heterocycles. The van der Waals surface area contributed by atoms with Crippen molar-refractivity contribution in [3.8, 4) is 5.75 Å². The van der Waals surface area contributed by atoms with Gasteiger partial charge in [0.15, 0.2) is 16.4 Å². The monoisotopic (exact) mass is 450 g/mol. The second-order valence-electron chi connectivity index (χ2n) is 8.13. The summed E-state index contributed by atoms with van der Waals surface area (Å²) in [5.74, 6) is 0.361. The second-order valence-corrected chi connectivity index (χ2v) is 10.4. The molecule has 2 fully saturated rings.